The second-order valence-corrected chi connectivity index (χ2v) is 9.68. The topological polar surface area (TPSA) is 18.5 Å². The molecule has 0 aliphatic heterocycles. The molecule has 4 rings (SSSR count). The Hall–Kier alpha value is -4.81. The smallest absolute Gasteiger partial charge is 0.429 e. The van der Waals surface area contributed by atoms with E-state index < -0.39 is 75.6 Å². The van der Waals surface area contributed by atoms with Gasteiger partial charge in [-0.3, -0.25) is 0 Å². The van der Waals surface area contributed by atoms with E-state index in [1.54, 1.807) is 19.1 Å². The van der Waals surface area contributed by atoms with Crippen molar-refractivity contribution in [2.45, 2.75) is 32.2 Å². The predicted octanol–water partition coefficient (Wildman–Crippen LogP) is 11.6. The highest BCUT2D eigenvalue weighted by molar-refractivity contribution is 5.69. The third-order valence-corrected chi connectivity index (χ3v) is 6.47. The van der Waals surface area contributed by atoms with Gasteiger partial charge in [-0.2, -0.15) is 8.78 Å². The van der Waals surface area contributed by atoms with Crippen molar-refractivity contribution in [3.63, 3.8) is 0 Å². The van der Waals surface area contributed by atoms with Crippen LogP contribution < -0.4 is 9.47 Å². The fourth-order valence-electron chi connectivity index (χ4n) is 4.31. The first-order valence-corrected chi connectivity index (χ1v) is 13.3. The molecule has 0 saturated heterocycles. The van der Waals surface area contributed by atoms with Crippen LogP contribution in [0.4, 0.5) is 48.3 Å². The average molecular weight is 659 g/mol. The Kier molecular flexibility index (Phi) is 10.1. The van der Waals surface area contributed by atoms with Gasteiger partial charge in [-0.25, -0.2) is 26.3 Å². The van der Waals surface area contributed by atoms with Crippen LogP contribution in [0.1, 0.15) is 30.9 Å². The maximum Gasteiger partial charge on any atom is 0.573 e. The van der Waals surface area contributed by atoms with Gasteiger partial charge in [0.2, 0.25) is 5.75 Å². The maximum absolute atomic E-state index is 14.9. The number of alkyl halides is 5. The number of hydrogen-bond donors (Lipinski definition) is 0. The molecule has 0 aliphatic carbocycles. The zero-order valence-corrected chi connectivity index (χ0v) is 23.5. The molecule has 0 bridgehead atoms. The van der Waals surface area contributed by atoms with Gasteiger partial charge in [-0.05, 0) is 66.4 Å². The van der Waals surface area contributed by atoms with Gasteiger partial charge in [0.25, 0.3) is 0 Å². The van der Waals surface area contributed by atoms with Crippen LogP contribution in [0, 0.1) is 23.3 Å². The van der Waals surface area contributed by atoms with Crippen molar-refractivity contribution < 1.29 is 57.8 Å². The Bertz CT molecular complexity index is 1750. The molecule has 2 nitrogen and oxygen atoms in total. The van der Waals surface area contributed by atoms with E-state index in [0.717, 1.165) is 24.3 Å². The molecule has 0 unspecified atom stereocenters. The van der Waals surface area contributed by atoms with Crippen molar-refractivity contribution >= 4 is 5.83 Å². The highest BCUT2D eigenvalue weighted by Crippen LogP contribution is 2.38. The molecule has 0 radical (unpaired) electrons. The van der Waals surface area contributed by atoms with E-state index >= 15 is 0 Å². The molecule has 0 heterocycles. The third kappa shape index (κ3) is 8.06. The molecule has 0 amide bonds. The minimum Gasteiger partial charge on any atom is -0.429 e. The predicted molar refractivity (Wildman–Crippen MR) is 148 cm³/mol. The van der Waals surface area contributed by atoms with Crippen molar-refractivity contribution in [1.29, 1.82) is 0 Å². The summed E-state index contributed by atoms with van der Waals surface area (Å²) in [6.45, 7) is 1.74. The lowest BCUT2D eigenvalue weighted by molar-refractivity contribution is -0.276. The second-order valence-electron chi connectivity index (χ2n) is 9.68. The van der Waals surface area contributed by atoms with E-state index in [1.165, 1.54) is 24.3 Å². The van der Waals surface area contributed by atoms with E-state index in [9.17, 15) is 48.3 Å². The molecule has 4 aromatic rings. The first-order chi connectivity index (χ1) is 21.6. The van der Waals surface area contributed by atoms with Gasteiger partial charge in [-0.1, -0.05) is 42.5 Å². The van der Waals surface area contributed by atoms with Crippen LogP contribution in [0.25, 0.3) is 28.1 Å². The van der Waals surface area contributed by atoms with Crippen molar-refractivity contribution in [2.24, 2.45) is 0 Å². The molecular formula is C33H21F11O2. The summed E-state index contributed by atoms with van der Waals surface area (Å²) in [7, 11) is 0. The van der Waals surface area contributed by atoms with Crippen LogP contribution in [-0.4, -0.2) is 6.36 Å². The van der Waals surface area contributed by atoms with Crippen molar-refractivity contribution in [3.05, 3.63) is 125 Å². The minimum atomic E-state index is -5.41. The third-order valence-electron chi connectivity index (χ3n) is 6.47. The number of rotatable bonds is 10. The van der Waals surface area contributed by atoms with E-state index in [1.807, 2.05) is 0 Å². The first kappa shape index (κ1) is 34.1. The molecule has 13 heteroatoms. The lowest BCUT2D eigenvalue weighted by Crippen LogP contribution is -2.23. The lowest BCUT2D eigenvalue weighted by Gasteiger charge is -2.20. The summed E-state index contributed by atoms with van der Waals surface area (Å²) < 4.78 is 161. The van der Waals surface area contributed by atoms with Crippen LogP contribution in [0.15, 0.2) is 90.8 Å². The van der Waals surface area contributed by atoms with Crippen LogP contribution in [0.3, 0.4) is 0 Å². The molecule has 0 aromatic heterocycles. The standard InChI is InChI=1S/C33H21F11O2/c1-2-3-4-5-25(34)30(39)19-8-6-18(7-9-19)20-10-13-24(27(36)14-20)32(40,41)45-22-11-12-23(26(35)17-22)21-15-28(37)31(29(38)16-21)46-33(42,43)44/h2-3,6-17H,4-5H2,1H3/b3-2+,30-25+. The molecule has 0 saturated carbocycles. The number of allylic oxidation sites excluding steroid dienone is 3. The molecule has 0 aliphatic rings. The van der Waals surface area contributed by atoms with Gasteiger partial charge in [0.15, 0.2) is 17.5 Å². The zero-order valence-electron chi connectivity index (χ0n) is 23.5. The summed E-state index contributed by atoms with van der Waals surface area (Å²) in [4.78, 5) is 0. The summed E-state index contributed by atoms with van der Waals surface area (Å²) in [6, 6.07) is 10.4. The first-order valence-electron chi connectivity index (χ1n) is 13.3. The SMILES string of the molecule is C/C=C/CC/C(F)=C(\F)c1ccc(-c2ccc(C(F)(F)Oc3ccc(-c4cc(F)c(OC(F)(F)F)c(F)c4)c(F)c3)c(F)c2)cc1. The molecule has 0 spiro atoms. The van der Waals surface area contributed by atoms with Crippen molar-refractivity contribution in [2.75, 3.05) is 0 Å². The molecular weight excluding hydrogens is 637 g/mol. The summed E-state index contributed by atoms with van der Waals surface area (Å²) in [5.74, 6) is -11.0. The lowest BCUT2D eigenvalue weighted by atomic mass is 10.0. The number of hydrogen-bond acceptors (Lipinski definition) is 2. The maximum atomic E-state index is 14.9. The fourth-order valence-corrected chi connectivity index (χ4v) is 4.31. The molecule has 4 aromatic carbocycles. The van der Waals surface area contributed by atoms with E-state index in [0.29, 0.717) is 36.2 Å². The molecule has 46 heavy (non-hydrogen) atoms. The largest absolute Gasteiger partial charge is 0.573 e. The summed E-state index contributed by atoms with van der Waals surface area (Å²) in [5, 5.41) is 0. The molecule has 0 N–H and O–H groups in total. The molecule has 242 valence electrons. The van der Waals surface area contributed by atoms with E-state index in [4.69, 9.17) is 0 Å². The van der Waals surface area contributed by atoms with Crippen LogP contribution in [-0.2, 0) is 6.11 Å². The summed E-state index contributed by atoms with van der Waals surface area (Å²) in [6.07, 6.45) is -6.22. The average Bonchev–Trinajstić information content (AvgIpc) is 2.98. The van der Waals surface area contributed by atoms with E-state index in [2.05, 4.69) is 9.47 Å². The van der Waals surface area contributed by atoms with Gasteiger partial charge in [0, 0.05) is 23.6 Å². The highest BCUT2D eigenvalue weighted by atomic mass is 19.4. The molecule has 0 atom stereocenters. The quantitative estimate of drug-likeness (QED) is 0.125. The van der Waals surface area contributed by atoms with Crippen molar-refractivity contribution in [1.82, 2.24) is 0 Å². The Labute approximate surface area is 255 Å². The van der Waals surface area contributed by atoms with Crippen LogP contribution in [0.5, 0.6) is 11.5 Å². The Morgan fingerprint density at radius 3 is 1.85 bits per heavy atom. The van der Waals surface area contributed by atoms with Gasteiger partial charge in [0.05, 0.1) is 5.56 Å². The van der Waals surface area contributed by atoms with Gasteiger partial charge in [-0.15, -0.1) is 13.2 Å². The summed E-state index contributed by atoms with van der Waals surface area (Å²) in [5.41, 5.74) is -2.06. The highest BCUT2D eigenvalue weighted by Gasteiger charge is 2.38. The molecule has 0 fully saturated rings. The van der Waals surface area contributed by atoms with Crippen LogP contribution >= 0.6 is 0 Å². The Balaban J connectivity index is 1.51. The van der Waals surface area contributed by atoms with Crippen LogP contribution in [0.2, 0.25) is 0 Å². The monoisotopic (exact) mass is 658 g/mol. The summed E-state index contributed by atoms with van der Waals surface area (Å²) >= 11 is 0. The number of benzene rings is 4. The fraction of sp³-hybridized carbons (Fsp3) is 0.152. The van der Waals surface area contributed by atoms with Crippen molar-refractivity contribution in [3.8, 4) is 33.8 Å². The normalized spacial score (nSPS) is 12.8. The second kappa shape index (κ2) is 13.7. The van der Waals surface area contributed by atoms with E-state index in [-0.39, 0.29) is 17.5 Å². The van der Waals surface area contributed by atoms with Gasteiger partial charge >= 0.3 is 12.5 Å². The van der Waals surface area contributed by atoms with Gasteiger partial charge < -0.3 is 9.47 Å². The number of halogens is 11. The Morgan fingerprint density at radius 2 is 1.28 bits per heavy atom. The van der Waals surface area contributed by atoms with Gasteiger partial charge in [0.1, 0.15) is 23.2 Å². The number of ether oxygens (including phenoxy) is 2. The Morgan fingerprint density at radius 1 is 0.674 bits per heavy atom. The zero-order chi connectivity index (χ0) is 33.8. The minimum absolute atomic E-state index is 0.0697.